The number of aromatic amines is 1. The van der Waals surface area contributed by atoms with Gasteiger partial charge >= 0.3 is 6.03 Å². The Morgan fingerprint density at radius 3 is 2.56 bits per heavy atom. The number of hydrogen-bond acceptors (Lipinski definition) is 3. The number of nitrogens with one attached hydrogen (secondary N) is 2. The molecule has 0 bridgehead atoms. The fourth-order valence-electron chi connectivity index (χ4n) is 3.73. The summed E-state index contributed by atoms with van der Waals surface area (Å²) < 4.78 is 0. The average Bonchev–Trinajstić information content (AvgIpc) is 3.27. The number of aromatic nitrogens is 1. The Bertz CT molecular complexity index is 836. The lowest BCUT2D eigenvalue weighted by molar-refractivity contribution is -0.127. The molecule has 7 nitrogen and oxygen atoms in total. The smallest absolute Gasteiger partial charge is 0.317 e. The van der Waals surface area contributed by atoms with E-state index in [0.29, 0.717) is 44.6 Å². The molecular formula is C18H20N4O3. The molecule has 0 atom stereocenters. The van der Waals surface area contributed by atoms with E-state index in [9.17, 15) is 14.4 Å². The minimum Gasteiger partial charge on any atom is -0.360 e. The Balaban J connectivity index is 1.43. The Hall–Kier alpha value is -2.83. The lowest BCUT2D eigenvalue weighted by Crippen LogP contribution is -2.49. The van der Waals surface area contributed by atoms with Crippen molar-refractivity contribution in [3.63, 3.8) is 0 Å². The number of rotatable bonds is 3. The zero-order valence-electron chi connectivity index (χ0n) is 13.8. The third kappa shape index (κ3) is 2.75. The summed E-state index contributed by atoms with van der Waals surface area (Å²) in [6, 6.07) is 7.57. The molecule has 4 rings (SSSR count). The van der Waals surface area contributed by atoms with Gasteiger partial charge in [0.15, 0.2) is 0 Å². The predicted molar refractivity (Wildman–Crippen MR) is 92.3 cm³/mol. The number of H-pyrrole nitrogens is 1. The number of ketones is 1. The molecule has 25 heavy (non-hydrogen) atoms. The molecule has 3 heterocycles. The van der Waals surface area contributed by atoms with Gasteiger partial charge in [-0.3, -0.25) is 9.59 Å². The van der Waals surface area contributed by atoms with Crippen LogP contribution in [-0.4, -0.2) is 64.7 Å². The van der Waals surface area contributed by atoms with Crippen molar-refractivity contribution in [3.8, 4) is 0 Å². The highest BCUT2D eigenvalue weighted by Gasteiger charge is 2.34. The van der Waals surface area contributed by atoms with Crippen LogP contribution in [0.2, 0.25) is 0 Å². The first kappa shape index (κ1) is 15.7. The number of piperidine rings is 1. The Morgan fingerprint density at radius 1 is 1.08 bits per heavy atom. The monoisotopic (exact) mass is 340 g/mol. The lowest BCUT2D eigenvalue weighted by Gasteiger charge is -2.35. The van der Waals surface area contributed by atoms with Gasteiger partial charge in [-0.15, -0.1) is 0 Å². The summed E-state index contributed by atoms with van der Waals surface area (Å²) >= 11 is 0. The summed E-state index contributed by atoms with van der Waals surface area (Å²) in [6.07, 6.45) is 3.02. The van der Waals surface area contributed by atoms with Crippen molar-refractivity contribution in [2.24, 2.45) is 0 Å². The number of carbonyl (C=O) groups is 3. The number of benzene rings is 1. The number of amides is 3. The van der Waals surface area contributed by atoms with Crippen molar-refractivity contribution in [3.05, 3.63) is 36.0 Å². The quantitative estimate of drug-likeness (QED) is 0.654. The molecule has 2 saturated heterocycles. The van der Waals surface area contributed by atoms with E-state index in [0.717, 1.165) is 10.9 Å². The first-order valence-corrected chi connectivity index (χ1v) is 8.59. The fraction of sp³-hybridized carbons (Fsp3) is 0.389. The van der Waals surface area contributed by atoms with Gasteiger partial charge in [0.05, 0.1) is 5.56 Å². The minimum absolute atomic E-state index is 0.0281. The molecule has 0 radical (unpaired) electrons. The third-order valence-electron chi connectivity index (χ3n) is 5.11. The molecule has 3 amide bonds. The van der Waals surface area contributed by atoms with E-state index in [1.807, 2.05) is 29.2 Å². The van der Waals surface area contributed by atoms with Crippen molar-refractivity contribution in [1.29, 1.82) is 0 Å². The minimum atomic E-state index is -0.477. The summed E-state index contributed by atoms with van der Waals surface area (Å²) in [5.74, 6) is -0.941. The van der Waals surface area contributed by atoms with Crippen molar-refractivity contribution >= 4 is 28.6 Å². The fourth-order valence-corrected chi connectivity index (χ4v) is 3.73. The summed E-state index contributed by atoms with van der Waals surface area (Å²) in [5.41, 5.74) is 1.26. The third-order valence-corrected chi connectivity index (χ3v) is 5.11. The van der Waals surface area contributed by atoms with Gasteiger partial charge in [-0.2, -0.15) is 0 Å². The second kappa shape index (κ2) is 6.23. The molecular weight excluding hydrogens is 320 g/mol. The Kier molecular flexibility index (Phi) is 3.91. The Labute approximate surface area is 145 Å². The Morgan fingerprint density at radius 2 is 1.84 bits per heavy atom. The number of likely N-dealkylation sites (tertiary alicyclic amines) is 1. The molecule has 2 N–H and O–H groups in total. The highest BCUT2D eigenvalue weighted by atomic mass is 16.2. The maximum absolute atomic E-state index is 12.6. The normalized spacial score (nSPS) is 18.6. The van der Waals surface area contributed by atoms with E-state index in [-0.39, 0.29) is 12.1 Å². The zero-order chi connectivity index (χ0) is 17.4. The van der Waals surface area contributed by atoms with E-state index in [1.165, 1.54) is 0 Å². The highest BCUT2D eigenvalue weighted by Crippen LogP contribution is 2.22. The van der Waals surface area contributed by atoms with Crippen LogP contribution in [0.3, 0.4) is 0 Å². The molecule has 130 valence electrons. The van der Waals surface area contributed by atoms with Crippen LogP contribution < -0.4 is 5.32 Å². The SMILES string of the molecule is O=C(C(=O)N1CCC(N2CCNC2=O)CC1)c1c[nH]c2ccccc12. The van der Waals surface area contributed by atoms with Gasteiger partial charge in [0.1, 0.15) is 0 Å². The van der Waals surface area contributed by atoms with Gasteiger partial charge in [0.2, 0.25) is 0 Å². The van der Waals surface area contributed by atoms with Crippen LogP contribution in [-0.2, 0) is 4.79 Å². The molecule has 0 unspecified atom stereocenters. The second-order valence-electron chi connectivity index (χ2n) is 6.53. The number of urea groups is 1. The molecule has 7 heteroatoms. The summed E-state index contributed by atoms with van der Waals surface area (Å²) in [7, 11) is 0. The van der Waals surface area contributed by atoms with Crippen molar-refractivity contribution < 1.29 is 14.4 Å². The number of hydrogen-bond donors (Lipinski definition) is 2. The van der Waals surface area contributed by atoms with E-state index in [2.05, 4.69) is 10.3 Å². The lowest BCUT2D eigenvalue weighted by atomic mass is 10.0. The van der Waals surface area contributed by atoms with Crippen LogP contribution in [0.1, 0.15) is 23.2 Å². The molecule has 2 aliphatic rings. The van der Waals surface area contributed by atoms with Crippen LogP contribution in [0.4, 0.5) is 4.79 Å². The molecule has 1 aromatic carbocycles. The molecule has 2 aliphatic heterocycles. The van der Waals surface area contributed by atoms with Crippen LogP contribution in [0.25, 0.3) is 10.9 Å². The first-order chi connectivity index (χ1) is 12.1. The van der Waals surface area contributed by atoms with Gasteiger partial charge in [-0.1, -0.05) is 18.2 Å². The van der Waals surface area contributed by atoms with Crippen LogP contribution in [0, 0.1) is 0 Å². The molecule has 0 spiro atoms. The number of Topliss-reactive ketones (excluding diaryl/α,β-unsaturated/α-hetero) is 1. The van der Waals surface area contributed by atoms with E-state index >= 15 is 0 Å². The van der Waals surface area contributed by atoms with Crippen LogP contribution >= 0.6 is 0 Å². The standard InChI is InChI=1S/C18H20N4O3/c23-16(14-11-20-15-4-2-1-3-13(14)15)17(24)21-8-5-12(6-9-21)22-10-7-19-18(22)25/h1-4,11-12,20H,5-10H2,(H,19,25). The molecule has 2 aromatic rings. The van der Waals surface area contributed by atoms with Gasteiger partial charge < -0.3 is 20.1 Å². The number of carbonyl (C=O) groups excluding carboxylic acids is 3. The van der Waals surface area contributed by atoms with Crippen LogP contribution in [0.15, 0.2) is 30.5 Å². The highest BCUT2D eigenvalue weighted by molar-refractivity contribution is 6.44. The number of nitrogens with zero attached hydrogens (tertiary/aromatic N) is 2. The maximum atomic E-state index is 12.6. The van der Waals surface area contributed by atoms with E-state index in [4.69, 9.17) is 0 Å². The second-order valence-corrected chi connectivity index (χ2v) is 6.53. The molecule has 1 aromatic heterocycles. The van der Waals surface area contributed by atoms with E-state index < -0.39 is 11.7 Å². The summed E-state index contributed by atoms with van der Waals surface area (Å²) in [4.78, 5) is 43.5. The predicted octanol–water partition coefficient (Wildman–Crippen LogP) is 1.37. The average molecular weight is 340 g/mol. The number of fused-ring (bicyclic) bond motifs is 1. The molecule has 0 aliphatic carbocycles. The zero-order valence-corrected chi connectivity index (χ0v) is 13.8. The van der Waals surface area contributed by atoms with E-state index in [1.54, 1.807) is 11.1 Å². The number of para-hydroxylation sites is 1. The first-order valence-electron chi connectivity index (χ1n) is 8.59. The summed E-state index contributed by atoms with van der Waals surface area (Å²) in [5, 5.41) is 3.57. The van der Waals surface area contributed by atoms with Crippen LogP contribution in [0.5, 0.6) is 0 Å². The van der Waals surface area contributed by atoms with Crippen molar-refractivity contribution in [1.82, 2.24) is 20.1 Å². The maximum Gasteiger partial charge on any atom is 0.317 e. The van der Waals surface area contributed by atoms with Gasteiger partial charge in [-0.05, 0) is 18.9 Å². The topological polar surface area (TPSA) is 85.5 Å². The summed E-state index contributed by atoms with van der Waals surface area (Å²) in [6.45, 7) is 2.39. The van der Waals surface area contributed by atoms with Gasteiger partial charge in [0, 0.05) is 49.3 Å². The molecule has 0 saturated carbocycles. The molecule has 2 fully saturated rings. The van der Waals surface area contributed by atoms with Crippen molar-refractivity contribution in [2.75, 3.05) is 26.2 Å². The van der Waals surface area contributed by atoms with Crippen molar-refractivity contribution in [2.45, 2.75) is 18.9 Å². The van der Waals surface area contributed by atoms with Gasteiger partial charge in [-0.25, -0.2) is 4.79 Å². The largest absolute Gasteiger partial charge is 0.360 e. The van der Waals surface area contributed by atoms with Gasteiger partial charge in [0.25, 0.3) is 11.7 Å².